The van der Waals surface area contributed by atoms with E-state index in [9.17, 15) is 14.0 Å². The van der Waals surface area contributed by atoms with Crippen LogP contribution in [0, 0.1) is 5.82 Å². The zero-order valence-electron chi connectivity index (χ0n) is 17.8. The highest BCUT2D eigenvalue weighted by Crippen LogP contribution is 2.18. The Bertz CT molecular complexity index is 889. The first-order valence-corrected chi connectivity index (χ1v) is 10.4. The molecule has 2 amide bonds. The monoisotopic (exact) mass is 429 g/mol. The number of halogens is 1. The van der Waals surface area contributed by atoms with Crippen molar-refractivity contribution < 1.29 is 23.5 Å². The number of benzene rings is 1. The molecule has 7 nitrogen and oxygen atoms in total. The molecule has 0 aliphatic carbocycles. The Morgan fingerprint density at radius 2 is 2.19 bits per heavy atom. The van der Waals surface area contributed by atoms with Gasteiger partial charge in [0.25, 0.3) is 5.91 Å². The number of ether oxygens (including phenoxy) is 2. The van der Waals surface area contributed by atoms with Crippen LogP contribution < -0.4 is 5.32 Å². The number of hydrogen-bond donors (Lipinski definition) is 1. The molecule has 0 spiro atoms. The van der Waals surface area contributed by atoms with Gasteiger partial charge in [-0.1, -0.05) is 12.1 Å². The Labute approximate surface area is 181 Å². The van der Waals surface area contributed by atoms with E-state index in [2.05, 4.69) is 10.3 Å². The molecular formula is C23H28FN3O4. The van der Waals surface area contributed by atoms with E-state index in [-0.39, 0.29) is 43.0 Å². The highest BCUT2D eigenvalue weighted by atomic mass is 19.1. The van der Waals surface area contributed by atoms with Crippen molar-refractivity contribution in [3.63, 3.8) is 0 Å². The second-order valence-corrected chi connectivity index (χ2v) is 7.70. The SMILES string of the molecule is CC(C)OCCCN1CC(CNC(=O)c2ccc(-c3cccc(F)c3)nc2)OCC1=O. The summed E-state index contributed by atoms with van der Waals surface area (Å²) in [4.78, 5) is 30.5. The summed E-state index contributed by atoms with van der Waals surface area (Å²) in [5, 5.41) is 2.83. The van der Waals surface area contributed by atoms with Crippen molar-refractivity contribution in [2.45, 2.75) is 32.5 Å². The van der Waals surface area contributed by atoms with E-state index in [1.165, 1.54) is 18.3 Å². The predicted molar refractivity (Wildman–Crippen MR) is 114 cm³/mol. The fraction of sp³-hybridized carbons (Fsp3) is 0.435. The number of aromatic nitrogens is 1. The van der Waals surface area contributed by atoms with Crippen LogP contribution in [0.5, 0.6) is 0 Å². The fourth-order valence-corrected chi connectivity index (χ4v) is 3.25. The maximum absolute atomic E-state index is 13.4. The molecule has 1 N–H and O–H groups in total. The lowest BCUT2D eigenvalue weighted by atomic mass is 10.1. The topological polar surface area (TPSA) is 80.8 Å². The number of amides is 2. The number of morpholine rings is 1. The molecule has 2 heterocycles. The van der Waals surface area contributed by atoms with Gasteiger partial charge in [0.1, 0.15) is 12.4 Å². The minimum atomic E-state index is -0.339. The maximum Gasteiger partial charge on any atom is 0.252 e. The molecule has 31 heavy (non-hydrogen) atoms. The van der Waals surface area contributed by atoms with Crippen molar-refractivity contribution in [3.8, 4) is 11.3 Å². The summed E-state index contributed by atoms with van der Waals surface area (Å²) in [7, 11) is 0. The average molecular weight is 429 g/mol. The number of nitrogens with one attached hydrogen (secondary N) is 1. The first-order valence-electron chi connectivity index (χ1n) is 10.4. The van der Waals surface area contributed by atoms with E-state index in [0.717, 1.165) is 6.42 Å². The van der Waals surface area contributed by atoms with Crippen molar-refractivity contribution in [3.05, 3.63) is 54.0 Å². The van der Waals surface area contributed by atoms with E-state index in [4.69, 9.17) is 9.47 Å². The standard InChI is InChI=1S/C23H28FN3O4/c1-16(2)30-10-4-9-27-14-20(31-15-22(27)28)13-26-23(29)18-7-8-21(25-12-18)17-5-3-6-19(24)11-17/h3,5-8,11-12,16,20H,4,9-10,13-15H2,1-2H3,(H,26,29). The molecule has 1 unspecified atom stereocenters. The molecule has 1 aliphatic heterocycles. The lowest BCUT2D eigenvalue weighted by Crippen LogP contribution is -2.50. The van der Waals surface area contributed by atoms with Crippen LogP contribution in [0.15, 0.2) is 42.6 Å². The molecule has 1 saturated heterocycles. The highest BCUT2D eigenvalue weighted by Gasteiger charge is 2.26. The van der Waals surface area contributed by atoms with Gasteiger partial charge in [-0.15, -0.1) is 0 Å². The Kier molecular flexibility index (Phi) is 8.08. The molecule has 0 radical (unpaired) electrons. The molecule has 0 saturated carbocycles. The summed E-state index contributed by atoms with van der Waals surface area (Å²) in [6.45, 7) is 5.88. The summed E-state index contributed by atoms with van der Waals surface area (Å²) in [6.07, 6.45) is 2.11. The second kappa shape index (κ2) is 11.0. The number of carbonyl (C=O) groups is 2. The predicted octanol–water partition coefficient (Wildman–Crippen LogP) is 2.66. The van der Waals surface area contributed by atoms with Gasteiger partial charge in [0.05, 0.1) is 23.5 Å². The Morgan fingerprint density at radius 3 is 2.90 bits per heavy atom. The second-order valence-electron chi connectivity index (χ2n) is 7.70. The normalized spacial score (nSPS) is 16.6. The van der Waals surface area contributed by atoms with Gasteiger partial charge in [-0.05, 0) is 44.5 Å². The highest BCUT2D eigenvalue weighted by molar-refractivity contribution is 5.94. The van der Waals surface area contributed by atoms with Gasteiger partial charge < -0.3 is 19.7 Å². The molecule has 166 valence electrons. The van der Waals surface area contributed by atoms with Crippen LogP contribution in [0.1, 0.15) is 30.6 Å². The summed E-state index contributed by atoms with van der Waals surface area (Å²) in [6, 6.07) is 9.46. The van der Waals surface area contributed by atoms with E-state index in [0.29, 0.717) is 36.5 Å². The Morgan fingerprint density at radius 1 is 1.35 bits per heavy atom. The summed E-state index contributed by atoms with van der Waals surface area (Å²) in [5.74, 6) is -0.673. The van der Waals surface area contributed by atoms with Gasteiger partial charge in [-0.2, -0.15) is 0 Å². The molecule has 8 heteroatoms. The summed E-state index contributed by atoms with van der Waals surface area (Å²) < 4.78 is 24.4. The molecule has 1 aliphatic rings. The van der Waals surface area contributed by atoms with E-state index >= 15 is 0 Å². The Hall–Kier alpha value is -2.84. The number of nitrogens with zero attached hydrogens (tertiary/aromatic N) is 2. The van der Waals surface area contributed by atoms with Gasteiger partial charge in [0, 0.05) is 38.0 Å². The molecule has 3 rings (SSSR count). The Balaban J connectivity index is 1.48. The van der Waals surface area contributed by atoms with Crippen molar-refractivity contribution in [2.24, 2.45) is 0 Å². The third-order valence-electron chi connectivity index (χ3n) is 4.88. The minimum Gasteiger partial charge on any atom is -0.379 e. The van der Waals surface area contributed by atoms with Crippen molar-refractivity contribution in [1.29, 1.82) is 0 Å². The third-order valence-corrected chi connectivity index (χ3v) is 4.88. The molecule has 1 aromatic carbocycles. The van der Waals surface area contributed by atoms with Gasteiger partial charge in [0.2, 0.25) is 5.91 Å². The zero-order chi connectivity index (χ0) is 22.2. The van der Waals surface area contributed by atoms with E-state index < -0.39 is 0 Å². The number of pyridine rings is 1. The molecule has 1 fully saturated rings. The van der Waals surface area contributed by atoms with Gasteiger partial charge >= 0.3 is 0 Å². The number of rotatable bonds is 9. The summed E-state index contributed by atoms with van der Waals surface area (Å²) >= 11 is 0. The molecule has 2 aromatic rings. The van der Waals surface area contributed by atoms with E-state index in [1.807, 2.05) is 13.8 Å². The number of carbonyl (C=O) groups excluding carboxylic acids is 2. The number of hydrogen-bond acceptors (Lipinski definition) is 5. The molecule has 0 bridgehead atoms. The minimum absolute atomic E-state index is 0.00939. The first-order chi connectivity index (χ1) is 14.9. The first kappa shape index (κ1) is 22.8. The van der Waals surface area contributed by atoms with Gasteiger partial charge in [-0.25, -0.2) is 4.39 Å². The lowest BCUT2D eigenvalue weighted by Gasteiger charge is -2.33. The largest absolute Gasteiger partial charge is 0.379 e. The van der Waals surface area contributed by atoms with Crippen LogP contribution in [0.4, 0.5) is 4.39 Å². The molecule has 1 aromatic heterocycles. The van der Waals surface area contributed by atoms with Crippen molar-refractivity contribution in [1.82, 2.24) is 15.2 Å². The third kappa shape index (κ3) is 6.83. The summed E-state index contributed by atoms with van der Waals surface area (Å²) in [5.41, 5.74) is 1.63. The smallest absolute Gasteiger partial charge is 0.252 e. The van der Waals surface area contributed by atoms with Crippen LogP contribution >= 0.6 is 0 Å². The van der Waals surface area contributed by atoms with Gasteiger partial charge in [-0.3, -0.25) is 14.6 Å². The van der Waals surface area contributed by atoms with Gasteiger partial charge in [0.15, 0.2) is 0 Å². The lowest BCUT2D eigenvalue weighted by molar-refractivity contribution is -0.148. The average Bonchev–Trinajstić information content (AvgIpc) is 2.76. The van der Waals surface area contributed by atoms with Crippen LogP contribution in [-0.2, 0) is 14.3 Å². The van der Waals surface area contributed by atoms with Crippen molar-refractivity contribution in [2.75, 3.05) is 32.8 Å². The quantitative estimate of drug-likeness (QED) is 0.620. The molecule has 1 atom stereocenters. The van der Waals surface area contributed by atoms with Crippen LogP contribution in [0.2, 0.25) is 0 Å². The van der Waals surface area contributed by atoms with Crippen molar-refractivity contribution >= 4 is 11.8 Å². The maximum atomic E-state index is 13.4. The van der Waals surface area contributed by atoms with E-state index in [1.54, 1.807) is 29.2 Å². The van der Waals surface area contributed by atoms with Crippen LogP contribution in [0.3, 0.4) is 0 Å². The van der Waals surface area contributed by atoms with Crippen LogP contribution in [-0.4, -0.2) is 66.8 Å². The molecular weight excluding hydrogens is 401 g/mol. The fourth-order valence-electron chi connectivity index (χ4n) is 3.25. The zero-order valence-corrected chi connectivity index (χ0v) is 17.8. The van der Waals surface area contributed by atoms with Crippen LogP contribution in [0.25, 0.3) is 11.3 Å².